The van der Waals surface area contributed by atoms with Crippen LogP contribution in [0.4, 0.5) is 0 Å². The minimum atomic E-state index is 0. The molecule has 0 bridgehead atoms. The van der Waals surface area contributed by atoms with Crippen molar-refractivity contribution in [1.29, 1.82) is 0 Å². The zero-order chi connectivity index (χ0) is 17.5. The van der Waals surface area contributed by atoms with Crippen molar-refractivity contribution in [2.24, 2.45) is 0 Å². The number of hydrogen-bond acceptors (Lipinski definition) is 5. The SMILES string of the molecule is C[C@H]1CNCCN1CC(=O)NCc1ccccc1CN1CCOCC1.Cl.Cl. The maximum atomic E-state index is 12.3. The van der Waals surface area contributed by atoms with Gasteiger partial charge in [0.2, 0.25) is 5.91 Å². The lowest BCUT2D eigenvalue weighted by atomic mass is 10.1. The molecule has 6 nitrogen and oxygen atoms in total. The standard InChI is InChI=1S/C19H30N4O2.2ClH/c1-16-12-20-6-7-23(16)15-19(24)21-13-17-4-2-3-5-18(17)14-22-8-10-25-11-9-22;;/h2-5,16,20H,6-15H2,1H3,(H,21,24);2*1H/t16-;;/m0../s1. The van der Waals surface area contributed by atoms with E-state index in [0.717, 1.165) is 52.5 Å². The highest BCUT2D eigenvalue weighted by molar-refractivity contribution is 5.85. The zero-order valence-corrected chi connectivity index (χ0v) is 17.6. The lowest BCUT2D eigenvalue weighted by molar-refractivity contribution is -0.123. The fraction of sp³-hybridized carbons (Fsp3) is 0.632. The normalized spacial score (nSPS) is 21.0. The maximum Gasteiger partial charge on any atom is 0.234 e. The molecular weight excluding hydrogens is 387 g/mol. The van der Waals surface area contributed by atoms with E-state index >= 15 is 0 Å². The fourth-order valence-electron chi connectivity index (χ4n) is 3.44. The van der Waals surface area contributed by atoms with E-state index in [9.17, 15) is 4.79 Å². The third kappa shape index (κ3) is 7.56. The number of nitrogens with one attached hydrogen (secondary N) is 2. The van der Waals surface area contributed by atoms with Crippen molar-refractivity contribution in [3.63, 3.8) is 0 Å². The van der Waals surface area contributed by atoms with Crippen LogP contribution >= 0.6 is 24.8 Å². The number of ether oxygens (including phenoxy) is 1. The van der Waals surface area contributed by atoms with Crippen LogP contribution in [0.25, 0.3) is 0 Å². The van der Waals surface area contributed by atoms with E-state index in [1.807, 2.05) is 6.07 Å². The molecule has 1 amide bonds. The largest absolute Gasteiger partial charge is 0.379 e. The highest BCUT2D eigenvalue weighted by atomic mass is 35.5. The van der Waals surface area contributed by atoms with Crippen LogP contribution in [0.1, 0.15) is 18.1 Å². The van der Waals surface area contributed by atoms with E-state index in [4.69, 9.17) is 4.74 Å². The number of amides is 1. The molecule has 2 saturated heterocycles. The number of halogens is 2. The number of piperazine rings is 1. The summed E-state index contributed by atoms with van der Waals surface area (Å²) >= 11 is 0. The third-order valence-electron chi connectivity index (χ3n) is 5.08. The van der Waals surface area contributed by atoms with Gasteiger partial charge < -0.3 is 15.4 Å². The Labute approximate surface area is 174 Å². The summed E-state index contributed by atoms with van der Waals surface area (Å²) in [6.45, 7) is 10.6. The lowest BCUT2D eigenvalue weighted by Gasteiger charge is -2.33. The summed E-state index contributed by atoms with van der Waals surface area (Å²) in [5, 5.41) is 6.46. The van der Waals surface area contributed by atoms with Gasteiger partial charge in [-0.15, -0.1) is 24.8 Å². The Bertz CT molecular complexity index is 570. The van der Waals surface area contributed by atoms with Gasteiger partial charge in [0.05, 0.1) is 19.8 Å². The second-order valence-electron chi connectivity index (χ2n) is 6.96. The topological polar surface area (TPSA) is 56.8 Å². The predicted octanol–water partition coefficient (Wildman–Crippen LogP) is 1.27. The molecule has 0 aromatic heterocycles. The van der Waals surface area contributed by atoms with Crippen molar-refractivity contribution in [2.75, 3.05) is 52.5 Å². The van der Waals surface area contributed by atoms with Gasteiger partial charge in [0, 0.05) is 51.9 Å². The van der Waals surface area contributed by atoms with Gasteiger partial charge >= 0.3 is 0 Å². The smallest absolute Gasteiger partial charge is 0.234 e. The quantitative estimate of drug-likeness (QED) is 0.728. The maximum absolute atomic E-state index is 12.3. The Morgan fingerprint density at radius 2 is 1.89 bits per heavy atom. The Hall–Kier alpha value is -0.890. The van der Waals surface area contributed by atoms with Crippen LogP contribution in [0.15, 0.2) is 24.3 Å². The molecule has 8 heteroatoms. The van der Waals surface area contributed by atoms with Gasteiger partial charge in [0.25, 0.3) is 0 Å². The predicted molar refractivity (Wildman–Crippen MR) is 113 cm³/mol. The first-order valence-corrected chi connectivity index (χ1v) is 9.31. The highest BCUT2D eigenvalue weighted by Gasteiger charge is 2.20. The molecule has 154 valence electrons. The average molecular weight is 419 g/mol. The molecular formula is C19H32Cl2N4O2. The van der Waals surface area contributed by atoms with Crippen molar-refractivity contribution in [3.05, 3.63) is 35.4 Å². The second kappa shape index (κ2) is 12.5. The highest BCUT2D eigenvalue weighted by Crippen LogP contribution is 2.13. The molecule has 1 aromatic rings. The number of benzene rings is 1. The summed E-state index contributed by atoms with van der Waals surface area (Å²) in [5.74, 6) is 0.106. The van der Waals surface area contributed by atoms with Gasteiger partial charge in [0.15, 0.2) is 0 Å². The van der Waals surface area contributed by atoms with Gasteiger partial charge in [-0.3, -0.25) is 14.6 Å². The van der Waals surface area contributed by atoms with Crippen molar-refractivity contribution < 1.29 is 9.53 Å². The molecule has 0 radical (unpaired) electrons. The first kappa shape index (κ1) is 24.1. The molecule has 2 heterocycles. The molecule has 1 atom stereocenters. The molecule has 27 heavy (non-hydrogen) atoms. The van der Waals surface area contributed by atoms with E-state index in [-0.39, 0.29) is 30.7 Å². The molecule has 1 aromatic carbocycles. The summed E-state index contributed by atoms with van der Waals surface area (Å²) in [7, 11) is 0. The van der Waals surface area contributed by atoms with Gasteiger partial charge in [-0.2, -0.15) is 0 Å². The lowest BCUT2D eigenvalue weighted by Crippen LogP contribution is -2.52. The molecule has 2 aliphatic rings. The van der Waals surface area contributed by atoms with Gasteiger partial charge in [-0.05, 0) is 18.1 Å². The van der Waals surface area contributed by atoms with Crippen LogP contribution in [0.3, 0.4) is 0 Å². The molecule has 0 unspecified atom stereocenters. The molecule has 2 aliphatic heterocycles. The summed E-state index contributed by atoms with van der Waals surface area (Å²) in [6.07, 6.45) is 0. The first-order chi connectivity index (χ1) is 12.2. The van der Waals surface area contributed by atoms with Crippen LogP contribution in [0.5, 0.6) is 0 Å². The Morgan fingerprint density at radius 1 is 1.19 bits per heavy atom. The number of carbonyl (C=O) groups excluding carboxylic acids is 1. The third-order valence-corrected chi connectivity index (χ3v) is 5.08. The molecule has 0 saturated carbocycles. The summed E-state index contributed by atoms with van der Waals surface area (Å²) in [6, 6.07) is 8.80. The molecule has 3 rings (SSSR count). The van der Waals surface area contributed by atoms with Crippen LogP contribution in [0.2, 0.25) is 0 Å². The van der Waals surface area contributed by atoms with Crippen LogP contribution in [-0.4, -0.2) is 74.2 Å². The number of hydrogen-bond donors (Lipinski definition) is 2. The van der Waals surface area contributed by atoms with E-state index < -0.39 is 0 Å². The van der Waals surface area contributed by atoms with Crippen molar-refractivity contribution in [3.8, 4) is 0 Å². The van der Waals surface area contributed by atoms with Crippen LogP contribution in [-0.2, 0) is 22.6 Å². The van der Waals surface area contributed by atoms with E-state index in [0.29, 0.717) is 19.1 Å². The Morgan fingerprint density at radius 3 is 2.59 bits per heavy atom. The summed E-state index contributed by atoms with van der Waals surface area (Å²) in [5.41, 5.74) is 2.50. The van der Waals surface area contributed by atoms with Crippen LogP contribution in [0, 0.1) is 0 Å². The first-order valence-electron chi connectivity index (χ1n) is 9.31. The molecule has 2 fully saturated rings. The van der Waals surface area contributed by atoms with Gasteiger partial charge in [-0.1, -0.05) is 24.3 Å². The summed E-state index contributed by atoms with van der Waals surface area (Å²) < 4.78 is 5.42. The number of morpholine rings is 1. The minimum Gasteiger partial charge on any atom is -0.379 e. The van der Waals surface area contributed by atoms with Crippen LogP contribution < -0.4 is 10.6 Å². The number of rotatable bonds is 6. The van der Waals surface area contributed by atoms with Crippen molar-refractivity contribution in [2.45, 2.75) is 26.1 Å². The van der Waals surface area contributed by atoms with E-state index in [1.165, 1.54) is 11.1 Å². The summed E-state index contributed by atoms with van der Waals surface area (Å²) in [4.78, 5) is 17.0. The van der Waals surface area contributed by atoms with E-state index in [2.05, 4.69) is 45.6 Å². The Balaban J connectivity index is 0.00000182. The Kier molecular flexibility index (Phi) is 11.2. The number of nitrogens with zero attached hydrogens (tertiary/aromatic N) is 2. The average Bonchev–Trinajstić information content (AvgIpc) is 2.64. The number of carbonyl (C=O) groups is 1. The van der Waals surface area contributed by atoms with Gasteiger partial charge in [0.1, 0.15) is 0 Å². The van der Waals surface area contributed by atoms with Gasteiger partial charge in [-0.25, -0.2) is 0 Å². The monoisotopic (exact) mass is 418 g/mol. The van der Waals surface area contributed by atoms with Crippen molar-refractivity contribution in [1.82, 2.24) is 20.4 Å². The second-order valence-corrected chi connectivity index (χ2v) is 6.96. The molecule has 0 aliphatic carbocycles. The zero-order valence-electron chi connectivity index (χ0n) is 16.0. The van der Waals surface area contributed by atoms with Crippen molar-refractivity contribution >= 4 is 30.7 Å². The molecule has 2 N–H and O–H groups in total. The fourth-order valence-corrected chi connectivity index (χ4v) is 3.44. The molecule has 0 spiro atoms. The minimum absolute atomic E-state index is 0. The van der Waals surface area contributed by atoms with E-state index in [1.54, 1.807) is 0 Å².